The van der Waals surface area contributed by atoms with E-state index in [9.17, 15) is 18.0 Å². The fraction of sp³-hybridized carbons (Fsp3) is 0.261. The molecule has 2 aromatic carbocycles. The van der Waals surface area contributed by atoms with Gasteiger partial charge in [0, 0.05) is 22.8 Å². The molecule has 6 nitrogen and oxygen atoms in total. The molecule has 3 aromatic rings. The quantitative estimate of drug-likeness (QED) is 0.466. The van der Waals surface area contributed by atoms with E-state index in [4.69, 9.17) is 0 Å². The molecule has 1 N–H and O–H groups in total. The summed E-state index contributed by atoms with van der Waals surface area (Å²) in [6.07, 6.45) is 3.70. The average molecular weight is 489 g/mol. The highest BCUT2D eigenvalue weighted by Crippen LogP contribution is 2.22. The third-order valence-corrected chi connectivity index (χ3v) is 7.42. The number of carbonyl (C=O) groups excluding carboxylic acids is 2. The van der Waals surface area contributed by atoms with Crippen LogP contribution in [0.5, 0.6) is 0 Å². The van der Waals surface area contributed by atoms with Crippen molar-refractivity contribution < 1.29 is 18.0 Å². The van der Waals surface area contributed by atoms with Crippen molar-refractivity contribution in [2.75, 3.05) is 18.3 Å². The van der Waals surface area contributed by atoms with E-state index in [-0.39, 0.29) is 17.1 Å². The molecule has 168 valence electrons. The Morgan fingerprint density at radius 2 is 1.78 bits per heavy atom. The van der Waals surface area contributed by atoms with Crippen molar-refractivity contribution in [3.63, 3.8) is 0 Å². The number of aromatic nitrogens is 1. The standard InChI is InChI=1S/C23H24N2O4S3/c1-30-13-12-19(25-23(27)17-8-10-18(11-9-17)32(2,28)29)21(26)14-22-24-20(15-31-22)16-6-4-3-5-7-16/h3-11,15,19H,12-14H2,1-2H3,(H,25,27)/t19-/m0/s1. The van der Waals surface area contributed by atoms with E-state index >= 15 is 0 Å². The second-order valence-electron chi connectivity index (χ2n) is 7.24. The minimum atomic E-state index is -3.34. The van der Waals surface area contributed by atoms with Crippen LogP contribution in [-0.4, -0.2) is 49.4 Å². The smallest absolute Gasteiger partial charge is 0.251 e. The lowest BCUT2D eigenvalue weighted by Crippen LogP contribution is -2.42. The van der Waals surface area contributed by atoms with Crippen LogP contribution in [0.25, 0.3) is 11.3 Å². The van der Waals surface area contributed by atoms with E-state index < -0.39 is 21.8 Å². The van der Waals surface area contributed by atoms with Crippen LogP contribution in [0.4, 0.5) is 0 Å². The summed E-state index contributed by atoms with van der Waals surface area (Å²) in [4.78, 5) is 30.4. The fourth-order valence-electron chi connectivity index (χ4n) is 3.05. The molecule has 0 bridgehead atoms. The summed E-state index contributed by atoms with van der Waals surface area (Å²) in [5.41, 5.74) is 2.13. The summed E-state index contributed by atoms with van der Waals surface area (Å²) in [5.74, 6) is 0.208. The molecule has 3 rings (SSSR count). The van der Waals surface area contributed by atoms with E-state index in [0.717, 1.165) is 23.3 Å². The highest BCUT2D eigenvalue weighted by molar-refractivity contribution is 7.98. The molecule has 32 heavy (non-hydrogen) atoms. The van der Waals surface area contributed by atoms with Gasteiger partial charge < -0.3 is 5.32 Å². The van der Waals surface area contributed by atoms with Gasteiger partial charge in [-0.15, -0.1) is 11.3 Å². The normalized spacial score (nSPS) is 12.3. The van der Waals surface area contributed by atoms with Crippen molar-refractivity contribution in [2.24, 2.45) is 0 Å². The van der Waals surface area contributed by atoms with Crippen LogP contribution >= 0.6 is 23.1 Å². The highest BCUT2D eigenvalue weighted by atomic mass is 32.2. The van der Waals surface area contributed by atoms with Gasteiger partial charge in [0.05, 0.1) is 23.1 Å². The molecule has 0 aliphatic carbocycles. The Labute approximate surface area is 196 Å². The first kappa shape index (κ1) is 24.2. The van der Waals surface area contributed by atoms with Crippen LogP contribution < -0.4 is 5.32 Å². The fourth-order valence-corrected chi connectivity index (χ4v) is 4.97. The van der Waals surface area contributed by atoms with Gasteiger partial charge in [-0.3, -0.25) is 9.59 Å². The Kier molecular flexibility index (Phi) is 8.22. The molecule has 9 heteroatoms. The number of benzene rings is 2. The Morgan fingerprint density at radius 3 is 2.41 bits per heavy atom. The van der Waals surface area contributed by atoms with Crippen LogP contribution in [0.2, 0.25) is 0 Å². The van der Waals surface area contributed by atoms with Gasteiger partial charge in [-0.05, 0) is 42.7 Å². The lowest BCUT2D eigenvalue weighted by molar-refractivity contribution is -0.120. The molecule has 0 fully saturated rings. The Hall–Kier alpha value is -2.49. The predicted octanol–water partition coefficient (Wildman–Crippen LogP) is 3.88. The molecule has 0 aliphatic heterocycles. The van der Waals surface area contributed by atoms with Gasteiger partial charge in [-0.1, -0.05) is 30.3 Å². The molecule has 0 spiro atoms. The SMILES string of the molecule is CSCC[C@H](NC(=O)c1ccc(S(C)(=O)=O)cc1)C(=O)Cc1nc(-c2ccccc2)cs1. The van der Waals surface area contributed by atoms with Crippen LogP contribution in [0.15, 0.2) is 64.9 Å². The molecular formula is C23H24N2O4S3. The van der Waals surface area contributed by atoms with Crippen molar-refractivity contribution in [3.05, 3.63) is 70.5 Å². The number of carbonyl (C=O) groups is 2. The van der Waals surface area contributed by atoms with Gasteiger partial charge in [0.1, 0.15) is 5.01 Å². The summed E-state index contributed by atoms with van der Waals surface area (Å²) < 4.78 is 23.2. The summed E-state index contributed by atoms with van der Waals surface area (Å²) in [5, 5.41) is 5.44. The number of thioether (sulfide) groups is 1. The molecule has 0 radical (unpaired) electrons. The lowest BCUT2D eigenvalue weighted by atomic mass is 10.1. The Morgan fingerprint density at radius 1 is 1.09 bits per heavy atom. The molecule has 1 aromatic heterocycles. The minimum absolute atomic E-state index is 0.103. The van der Waals surface area contributed by atoms with Gasteiger partial charge in [0.25, 0.3) is 5.91 Å². The number of sulfone groups is 1. The monoisotopic (exact) mass is 488 g/mol. The number of nitrogens with zero attached hydrogens (tertiary/aromatic N) is 1. The zero-order chi connectivity index (χ0) is 23.1. The highest BCUT2D eigenvalue weighted by Gasteiger charge is 2.23. The lowest BCUT2D eigenvalue weighted by Gasteiger charge is -2.17. The summed E-state index contributed by atoms with van der Waals surface area (Å²) in [6.45, 7) is 0. The second kappa shape index (κ2) is 10.9. The van der Waals surface area contributed by atoms with E-state index in [2.05, 4.69) is 10.3 Å². The Balaban J connectivity index is 1.69. The van der Waals surface area contributed by atoms with Crippen molar-refractivity contribution >= 4 is 44.6 Å². The summed E-state index contributed by atoms with van der Waals surface area (Å²) >= 11 is 3.03. The number of amides is 1. The van der Waals surface area contributed by atoms with Gasteiger partial charge in [0.2, 0.25) is 0 Å². The number of thiazole rings is 1. The number of nitrogens with one attached hydrogen (secondary N) is 1. The largest absolute Gasteiger partial charge is 0.342 e. The first-order valence-corrected chi connectivity index (χ1v) is 14.1. The van der Waals surface area contributed by atoms with Crippen molar-refractivity contribution in [1.29, 1.82) is 0 Å². The molecule has 1 heterocycles. The van der Waals surface area contributed by atoms with Gasteiger partial charge >= 0.3 is 0 Å². The average Bonchev–Trinajstić information content (AvgIpc) is 3.25. The summed E-state index contributed by atoms with van der Waals surface area (Å²) in [6, 6.07) is 14.8. The third-order valence-electron chi connectivity index (χ3n) is 4.80. The number of rotatable bonds is 10. The van der Waals surface area contributed by atoms with E-state index in [0.29, 0.717) is 17.0 Å². The van der Waals surface area contributed by atoms with Crippen molar-refractivity contribution in [3.8, 4) is 11.3 Å². The van der Waals surface area contributed by atoms with Gasteiger partial charge in [0.15, 0.2) is 15.6 Å². The summed E-state index contributed by atoms with van der Waals surface area (Å²) in [7, 11) is -3.34. The Bertz CT molecular complexity index is 1170. The van der Waals surface area contributed by atoms with Gasteiger partial charge in [-0.25, -0.2) is 13.4 Å². The molecule has 0 unspecified atom stereocenters. The zero-order valence-electron chi connectivity index (χ0n) is 17.8. The maximum atomic E-state index is 13.0. The second-order valence-corrected chi connectivity index (χ2v) is 11.2. The first-order valence-electron chi connectivity index (χ1n) is 9.90. The zero-order valence-corrected chi connectivity index (χ0v) is 20.2. The third kappa shape index (κ3) is 6.51. The number of ketones is 1. The van der Waals surface area contributed by atoms with E-state index in [1.54, 1.807) is 11.8 Å². The van der Waals surface area contributed by atoms with Crippen LogP contribution in [-0.2, 0) is 21.1 Å². The van der Waals surface area contributed by atoms with Crippen molar-refractivity contribution in [2.45, 2.75) is 23.8 Å². The molecular weight excluding hydrogens is 464 g/mol. The number of hydrogen-bond donors (Lipinski definition) is 1. The number of Topliss-reactive ketones (excluding diaryl/α,β-unsaturated/α-hetero) is 1. The van der Waals surface area contributed by atoms with Crippen LogP contribution in [0, 0.1) is 0 Å². The first-order chi connectivity index (χ1) is 15.3. The minimum Gasteiger partial charge on any atom is -0.342 e. The van der Waals surface area contributed by atoms with E-state index in [1.165, 1.54) is 35.6 Å². The van der Waals surface area contributed by atoms with Crippen LogP contribution in [0.1, 0.15) is 21.8 Å². The maximum absolute atomic E-state index is 13.0. The number of hydrogen-bond acceptors (Lipinski definition) is 7. The predicted molar refractivity (Wildman–Crippen MR) is 130 cm³/mol. The molecule has 0 saturated heterocycles. The molecule has 1 atom stereocenters. The van der Waals surface area contributed by atoms with Crippen molar-refractivity contribution in [1.82, 2.24) is 10.3 Å². The maximum Gasteiger partial charge on any atom is 0.251 e. The van der Waals surface area contributed by atoms with Crippen LogP contribution in [0.3, 0.4) is 0 Å². The van der Waals surface area contributed by atoms with E-state index in [1.807, 2.05) is 42.0 Å². The van der Waals surface area contributed by atoms with Gasteiger partial charge in [-0.2, -0.15) is 11.8 Å². The molecule has 0 saturated carbocycles. The molecule has 0 aliphatic rings. The topological polar surface area (TPSA) is 93.2 Å². The molecule has 1 amide bonds.